The van der Waals surface area contributed by atoms with Crippen LogP contribution in [-0.2, 0) is 9.05 Å². The van der Waals surface area contributed by atoms with Crippen LogP contribution in [0.3, 0.4) is 0 Å². The van der Waals surface area contributed by atoms with Crippen LogP contribution in [0.1, 0.15) is 46.8 Å². The number of aryl methyl sites for hydroxylation is 2. The van der Waals surface area contributed by atoms with Gasteiger partial charge in [-0.3, -0.25) is 4.79 Å². The molecule has 0 fully saturated rings. The molecule has 1 rings (SSSR count). The maximum atomic E-state index is 12.6. The van der Waals surface area contributed by atoms with Crippen molar-refractivity contribution >= 4 is 25.6 Å². The molecule has 0 aliphatic heterocycles. The zero-order chi connectivity index (χ0) is 16.4. The molecular weight excluding hydrogens is 310 g/mol. The molecule has 0 N–H and O–H groups in total. The fraction of sp³-hybridized carbons (Fsp3) is 0.533. The Kier molecular flexibility index (Phi) is 5.82. The van der Waals surface area contributed by atoms with E-state index in [0.29, 0.717) is 23.2 Å². The van der Waals surface area contributed by atoms with Crippen LogP contribution in [0, 0.1) is 20.8 Å². The minimum absolute atomic E-state index is 0.0435. The third kappa shape index (κ3) is 3.98. The zero-order valence-corrected chi connectivity index (χ0v) is 14.7. The molecule has 0 saturated carbocycles. The lowest BCUT2D eigenvalue weighted by Crippen LogP contribution is -2.29. The summed E-state index contributed by atoms with van der Waals surface area (Å²) >= 11 is 0. The van der Waals surface area contributed by atoms with Crippen LogP contribution in [0.2, 0.25) is 0 Å². The molecule has 0 aliphatic carbocycles. The molecule has 0 spiro atoms. The van der Waals surface area contributed by atoms with Crippen LogP contribution in [-0.4, -0.2) is 32.8 Å². The Bertz CT molecular complexity index is 653. The van der Waals surface area contributed by atoms with Crippen molar-refractivity contribution in [3.63, 3.8) is 0 Å². The normalized spacial score (nSPS) is 11.5. The molecule has 4 nitrogen and oxygen atoms in total. The van der Waals surface area contributed by atoms with E-state index in [1.165, 1.54) is 0 Å². The molecule has 0 atom stereocenters. The Labute approximate surface area is 131 Å². The molecule has 6 heteroatoms. The van der Waals surface area contributed by atoms with Crippen LogP contribution in [0.25, 0.3) is 0 Å². The van der Waals surface area contributed by atoms with E-state index in [1.54, 1.807) is 31.9 Å². The lowest BCUT2D eigenvalue weighted by Gasteiger charge is -2.21. The fourth-order valence-electron chi connectivity index (χ4n) is 2.56. The quantitative estimate of drug-likeness (QED) is 0.777. The highest BCUT2D eigenvalue weighted by Gasteiger charge is 2.25. The third-order valence-electron chi connectivity index (χ3n) is 3.55. The highest BCUT2D eigenvalue weighted by atomic mass is 35.7. The van der Waals surface area contributed by atoms with E-state index in [9.17, 15) is 13.2 Å². The number of amides is 1. The number of carbonyl (C=O) groups is 1. The first-order valence-electron chi connectivity index (χ1n) is 6.92. The fourth-order valence-corrected chi connectivity index (χ4v) is 4.18. The van der Waals surface area contributed by atoms with Gasteiger partial charge in [-0.1, -0.05) is 19.4 Å². The van der Waals surface area contributed by atoms with Gasteiger partial charge in [0, 0.05) is 29.8 Å². The number of halogens is 1. The molecule has 0 heterocycles. The average molecular weight is 332 g/mol. The maximum Gasteiger partial charge on any atom is 0.261 e. The Hall–Kier alpha value is -1.07. The van der Waals surface area contributed by atoms with Gasteiger partial charge in [0.2, 0.25) is 0 Å². The monoisotopic (exact) mass is 331 g/mol. The third-order valence-corrected chi connectivity index (χ3v) is 5.13. The molecule has 0 aromatic heterocycles. The van der Waals surface area contributed by atoms with Crippen molar-refractivity contribution in [2.75, 3.05) is 13.6 Å². The number of rotatable bonds is 5. The van der Waals surface area contributed by atoms with Crippen LogP contribution >= 0.6 is 10.7 Å². The van der Waals surface area contributed by atoms with Crippen LogP contribution in [0.5, 0.6) is 0 Å². The van der Waals surface area contributed by atoms with Gasteiger partial charge in [-0.2, -0.15) is 0 Å². The summed E-state index contributed by atoms with van der Waals surface area (Å²) in [4.78, 5) is 14.2. The standard InChI is InChI=1S/C15H22ClNO3S/c1-6-7-8-17(5)15(18)13-10(2)9-11(3)14(12(13)4)21(16,19)20/h9H,6-8H2,1-5H3. The van der Waals surface area contributed by atoms with Gasteiger partial charge in [-0.25, -0.2) is 8.42 Å². The molecule has 0 saturated heterocycles. The van der Waals surface area contributed by atoms with Gasteiger partial charge in [0.1, 0.15) is 0 Å². The van der Waals surface area contributed by atoms with Crippen molar-refractivity contribution in [1.29, 1.82) is 0 Å². The molecule has 1 aromatic carbocycles. The molecule has 0 bridgehead atoms. The molecule has 118 valence electrons. The summed E-state index contributed by atoms with van der Waals surface area (Å²) in [6.45, 7) is 7.83. The average Bonchev–Trinajstić information content (AvgIpc) is 2.32. The van der Waals surface area contributed by atoms with Crippen LogP contribution in [0.4, 0.5) is 0 Å². The summed E-state index contributed by atoms with van der Waals surface area (Å²) in [6.07, 6.45) is 1.90. The Morgan fingerprint density at radius 3 is 2.29 bits per heavy atom. The van der Waals surface area contributed by atoms with Crippen molar-refractivity contribution in [1.82, 2.24) is 4.90 Å². The van der Waals surface area contributed by atoms with Crippen molar-refractivity contribution in [2.45, 2.75) is 45.4 Å². The van der Waals surface area contributed by atoms with Crippen LogP contribution in [0.15, 0.2) is 11.0 Å². The van der Waals surface area contributed by atoms with E-state index in [-0.39, 0.29) is 10.8 Å². The molecular formula is C15H22ClNO3S. The molecule has 1 aromatic rings. The Balaban J connectivity index is 3.41. The number of hydrogen-bond acceptors (Lipinski definition) is 3. The maximum absolute atomic E-state index is 12.6. The smallest absolute Gasteiger partial charge is 0.261 e. The number of carbonyl (C=O) groups excluding carboxylic acids is 1. The van der Waals surface area contributed by atoms with Crippen molar-refractivity contribution in [3.05, 3.63) is 28.3 Å². The van der Waals surface area contributed by atoms with Gasteiger partial charge >= 0.3 is 0 Å². The van der Waals surface area contributed by atoms with E-state index in [1.807, 2.05) is 6.92 Å². The van der Waals surface area contributed by atoms with Gasteiger partial charge in [0.15, 0.2) is 0 Å². The SMILES string of the molecule is CCCCN(C)C(=O)c1c(C)cc(C)c(S(=O)(=O)Cl)c1C. The highest BCUT2D eigenvalue weighted by molar-refractivity contribution is 8.13. The van der Waals surface area contributed by atoms with Gasteiger partial charge < -0.3 is 4.90 Å². The summed E-state index contributed by atoms with van der Waals surface area (Å²) in [7, 11) is 3.36. The summed E-state index contributed by atoms with van der Waals surface area (Å²) in [5.41, 5.74) is 2.18. The molecule has 1 amide bonds. The summed E-state index contributed by atoms with van der Waals surface area (Å²) in [5.74, 6) is -0.167. The van der Waals surface area contributed by atoms with Gasteiger partial charge in [0.25, 0.3) is 15.0 Å². The minimum atomic E-state index is -3.88. The summed E-state index contributed by atoms with van der Waals surface area (Å²) in [5, 5.41) is 0. The van der Waals surface area contributed by atoms with E-state index in [4.69, 9.17) is 10.7 Å². The predicted molar refractivity (Wildman–Crippen MR) is 85.6 cm³/mol. The van der Waals surface area contributed by atoms with Gasteiger partial charge in [-0.05, 0) is 43.9 Å². The first-order chi connectivity index (χ1) is 9.61. The summed E-state index contributed by atoms with van der Waals surface area (Å²) < 4.78 is 23.5. The second-order valence-corrected chi connectivity index (χ2v) is 7.86. The predicted octanol–water partition coefficient (Wildman–Crippen LogP) is 3.41. The van der Waals surface area contributed by atoms with Crippen LogP contribution < -0.4 is 0 Å². The van der Waals surface area contributed by atoms with E-state index in [0.717, 1.165) is 18.4 Å². The number of hydrogen-bond donors (Lipinski definition) is 0. The van der Waals surface area contributed by atoms with E-state index in [2.05, 4.69) is 6.92 Å². The first kappa shape index (κ1) is 18.0. The molecule has 0 radical (unpaired) electrons. The molecule has 21 heavy (non-hydrogen) atoms. The minimum Gasteiger partial charge on any atom is -0.342 e. The number of nitrogens with zero attached hydrogens (tertiary/aromatic N) is 1. The van der Waals surface area contributed by atoms with Crippen molar-refractivity contribution < 1.29 is 13.2 Å². The number of unbranched alkanes of at least 4 members (excludes halogenated alkanes) is 1. The second-order valence-electron chi connectivity index (χ2n) is 5.36. The van der Waals surface area contributed by atoms with Crippen molar-refractivity contribution in [2.24, 2.45) is 0 Å². The second kappa shape index (κ2) is 6.79. The largest absolute Gasteiger partial charge is 0.342 e. The van der Waals surface area contributed by atoms with Gasteiger partial charge in [-0.15, -0.1) is 0 Å². The van der Waals surface area contributed by atoms with E-state index < -0.39 is 9.05 Å². The lowest BCUT2D eigenvalue weighted by atomic mass is 9.98. The highest BCUT2D eigenvalue weighted by Crippen LogP contribution is 2.29. The Morgan fingerprint density at radius 2 is 1.81 bits per heavy atom. The molecule has 0 unspecified atom stereocenters. The Morgan fingerprint density at radius 1 is 1.24 bits per heavy atom. The van der Waals surface area contributed by atoms with Gasteiger partial charge in [0.05, 0.1) is 4.90 Å². The zero-order valence-electron chi connectivity index (χ0n) is 13.2. The lowest BCUT2D eigenvalue weighted by molar-refractivity contribution is 0.0791. The molecule has 0 aliphatic rings. The van der Waals surface area contributed by atoms with Crippen molar-refractivity contribution in [3.8, 4) is 0 Å². The first-order valence-corrected chi connectivity index (χ1v) is 9.23. The van der Waals surface area contributed by atoms with E-state index >= 15 is 0 Å². The summed E-state index contributed by atoms with van der Waals surface area (Å²) in [6, 6.07) is 1.70. The number of benzene rings is 1. The topological polar surface area (TPSA) is 54.5 Å².